The van der Waals surface area contributed by atoms with Crippen LogP contribution in [0.15, 0.2) is 78.5 Å². The van der Waals surface area contributed by atoms with Crippen LogP contribution in [0.1, 0.15) is 11.1 Å². The van der Waals surface area contributed by atoms with Gasteiger partial charge in [-0.1, -0.05) is 59.6 Å². The van der Waals surface area contributed by atoms with Crippen LogP contribution in [0.4, 0.5) is 11.4 Å². The molecule has 0 bridgehead atoms. The number of fused-ring (bicyclic) bond motifs is 1. The summed E-state index contributed by atoms with van der Waals surface area (Å²) >= 11 is 12.1. The van der Waals surface area contributed by atoms with Crippen molar-refractivity contribution in [3.8, 4) is 6.07 Å². The van der Waals surface area contributed by atoms with Crippen LogP contribution >= 0.6 is 23.2 Å². The van der Waals surface area contributed by atoms with Crippen molar-refractivity contribution in [2.75, 3.05) is 5.32 Å². The largest absolute Gasteiger partial charge is 0.342 e. The molecule has 168 valence electrons. The Morgan fingerprint density at radius 3 is 2.65 bits per heavy atom. The number of carbonyl (C=O) groups is 1. The van der Waals surface area contributed by atoms with Gasteiger partial charge >= 0.3 is 0 Å². The topological polar surface area (TPSA) is 101 Å². The standard InChI is InChI=1S/C25H16Cl2N4O3/c26-21-8-4-9-22(24(21)27)29-25(32)17(13-28)12-18-15-30(23-10-2-1-7-20(18)23)14-16-5-3-6-19(11-16)31(33)34/h1-12,15H,14H2,(H,29,32)/b17-12-. The quantitative estimate of drug-likeness (QED) is 0.145. The van der Waals surface area contributed by atoms with Crippen molar-refractivity contribution in [2.24, 2.45) is 0 Å². The molecular weight excluding hydrogens is 475 g/mol. The lowest BCUT2D eigenvalue weighted by atomic mass is 10.1. The Morgan fingerprint density at radius 1 is 1.12 bits per heavy atom. The second kappa shape index (κ2) is 9.79. The van der Waals surface area contributed by atoms with Crippen molar-refractivity contribution in [1.82, 2.24) is 4.57 Å². The van der Waals surface area contributed by atoms with Crippen LogP contribution in [0, 0.1) is 21.4 Å². The van der Waals surface area contributed by atoms with E-state index in [4.69, 9.17) is 23.2 Å². The van der Waals surface area contributed by atoms with Crippen LogP contribution in [0.2, 0.25) is 10.0 Å². The summed E-state index contributed by atoms with van der Waals surface area (Å²) in [5, 5.41) is 24.7. The number of amides is 1. The molecule has 1 heterocycles. The van der Waals surface area contributed by atoms with Crippen molar-refractivity contribution in [3.05, 3.63) is 110 Å². The van der Waals surface area contributed by atoms with E-state index < -0.39 is 10.8 Å². The molecule has 3 aromatic carbocycles. The Labute approximate surface area is 204 Å². The first-order valence-electron chi connectivity index (χ1n) is 10.1. The Bertz CT molecular complexity index is 1500. The Balaban J connectivity index is 1.69. The van der Waals surface area contributed by atoms with Crippen LogP contribution in [-0.2, 0) is 11.3 Å². The zero-order valence-corrected chi connectivity index (χ0v) is 19.0. The molecule has 0 saturated carbocycles. The van der Waals surface area contributed by atoms with E-state index in [-0.39, 0.29) is 21.3 Å². The normalized spacial score (nSPS) is 11.3. The summed E-state index contributed by atoms with van der Waals surface area (Å²) < 4.78 is 1.92. The number of carbonyl (C=O) groups excluding carboxylic acids is 1. The first-order chi connectivity index (χ1) is 16.4. The lowest BCUT2D eigenvalue weighted by Crippen LogP contribution is -2.13. The molecular formula is C25H16Cl2N4O3. The van der Waals surface area contributed by atoms with E-state index in [0.717, 1.165) is 16.5 Å². The summed E-state index contributed by atoms with van der Waals surface area (Å²) in [7, 11) is 0. The summed E-state index contributed by atoms with van der Waals surface area (Å²) in [6.07, 6.45) is 3.31. The highest BCUT2D eigenvalue weighted by molar-refractivity contribution is 6.44. The molecule has 0 fully saturated rings. The molecule has 0 atom stereocenters. The van der Waals surface area contributed by atoms with Gasteiger partial charge in [-0.2, -0.15) is 5.26 Å². The fraction of sp³-hybridized carbons (Fsp3) is 0.0400. The van der Waals surface area contributed by atoms with Crippen LogP contribution in [-0.4, -0.2) is 15.4 Å². The van der Waals surface area contributed by atoms with Gasteiger partial charge in [-0.25, -0.2) is 0 Å². The summed E-state index contributed by atoms with van der Waals surface area (Å²) in [5.41, 5.74) is 2.46. The average molecular weight is 491 g/mol. The molecule has 34 heavy (non-hydrogen) atoms. The smallest absolute Gasteiger partial charge is 0.269 e. The third-order valence-corrected chi connectivity index (χ3v) is 5.98. The molecule has 0 saturated heterocycles. The number of nitro groups is 1. The molecule has 0 aliphatic rings. The molecule has 0 spiro atoms. The Morgan fingerprint density at radius 2 is 1.88 bits per heavy atom. The SMILES string of the molecule is N#C/C(=C/c1cn(Cc2cccc([N+](=O)[O-])c2)c2ccccc12)C(=O)Nc1cccc(Cl)c1Cl. The van der Waals surface area contributed by atoms with Gasteiger partial charge in [0.25, 0.3) is 11.6 Å². The van der Waals surface area contributed by atoms with E-state index in [1.807, 2.05) is 34.9 Å². The number of hydrogen-bond donors (Lipinski definition) is 1. The Kier molecular flexibility index (Phi) is 6.64. The number of halogens is 2. The summed E-state index contributed by atoms with van der Waals surface area (Å²) in [6, 6.07) is 20.7. The lowest BCUT2D eigenvalue weighted by molar-refractivity contribution is -0.384. The van der Waals surface area contributed by atoms with Gasteiger partial charge in [-0.05, 0) is 29.8 Å². The van der Waals surface area contributed by atoms with E-state index in [1.165, 1.54) is 18.2 Å². The van der Waals surface area contributed by atoms with Crippen molar-refractivity contribution in [3.63, 3.8) is 0 Å². The van der Waals surface area contributed by atoms with Crippen molar-refractivity contribution in [1.29, 1.82) is 5.26 Å². The number of aromatic nitrogens is 1. The number of benzene rings is 3. The van der Waals surface area contributed by atoms with Crippen LogP contribution in [0.3, 0.4) is 0 Å². The number of rotatable bonds is 6. The third-order valence-electron chi connectivity index (χ3n) is 5.16. The molecule has 7 nitrogen and oxygen atoms in total. The molecule has 0 unspecified atom stereocenters. The van der Waals surface area contributed by atoms with Crippen molar-refractivity contribution < 1.29 is 9.72 Å². The molecule has 4 aromatic rings. The number of para-hydroxylation sites is 1. The van der Waals surface area contributed by atoms with E-state index in [1.54, 1.807) is 36.5 Å². The van der Waals surface area contributed by atoms with E-state index >= 15 is 0 Å². The van der Waals surface area contributed by atoms with Crippen molar-refractivity contribution >= 4 is 57.5 Å². The predicted molar refractivity (Wildman–Crippen MR) is 133 cm³/mol. The van der Waals surface area contributed by atoms with Gasteiger partial charge in [0.1, 0.15) is 11.6 Å². The monoisotopic (exact) mass is 490 g/mol. The first kappa shape index (κ1) is 23.1. The van der Waals surface area contributed by atoms with Crippen LogP contribution in [0.25, 0.3) is 17.0 Å². The van der Waals surface area contributed by atoms with Gasteiger partial charge in [0.15, 0.2) is 0 Å². The minimum Gasteiger partial charge on any atom is -0.342 e. The van der Waals surface area contributed by atoms with Gasteiger partial charge in [-0.15, -0.1) is 0 Å². The number of nitro benzene ring substituents is 1. The van der Waals surface area contributed by atoms with Gasteiger partial charge in [0.05, 0.1) is 20.7 Å². The van der Waals surface area contributed by atoms with E-state index in [9.17, 15) is 20.2 Å². The van der Waals surface area contributed by atoms with Gasteiger partial charge in [0.2, 0.25) is 0 Å². The third kappa shape index (κ3) is 4.79. The summed E-state index contributed by atoms with van der Waals surface area (Å²) in [5.74, 6) is -0.623. The second-order valence-electron chi connectivity index (χ2n) is 7.38. The maximum absolute atomic E-state index is 12.8. The molecule has 1 aromatic heterocycles. The number of nitriles is 1. The number of nitrogens with zero attached hydrogens (tertiary/aromatic N) is 3. The first-order valence-corrected chi connectivity index (χ1v) is 10.8. The number of hydrogen-bond acceptors (Lipinski definition) is 4. The maximum Gasteiger partial charge on any atom is 0.269 e. The minimum absolute atomic E-state index is 0.0113. The number of nitrogens with one attached hydrogen (secondary N) is 1. The number of anilines is 1. The molecule has 1 amide bonds. The Hall–Kier alpha value is -4.12. The summed E-state index contributed by atoms with van der Waals surface area (Å²) in [6.45, 7) is 0.377. The average Bonchev–Trinajstić information content (AvgIpc) is 3.17. The zero-order chi connectivity index (χ0) is 24.2. The van der Waals surface area contributed by atoms with Crippen LogP contribution in [0.5, 0.6) is 0 Å². The van der Waals surface area contributed by atoms with E-state index in [2.05, 4.69) is 5.32 Å². The fourth-order valence-corrected chi connectivity index (χ4v) is 3.93. The van der Waals surface area contributed by atoms with Gasteiger partial charge in [-0.3, -0.25) is 14.9 Å². The highest BCUT2D eigenvalue weighted by Gasteiger charge is 2.15. The summed E-state index contributed by atoms with van der Waals surface area (Å²) in [4.78, 5) is 23.5. The second-order valence-corrected chi connectivity index (χ2v) is 8.17. The highest BCUT2D eigenvalue weighted by atomic mass is 35.5. The molecule has 0 aliphatic heterocycles. The molecule has 9 heteroatoms. The highest BCUT2D eigenvalue weighted by Crippen LogP contribution is 2.30. The number of non-ortho nitro benzene ring substituents is 1. The molecule has 0 radical (unpaired) electrons. The fourth-order valence-electron chi connectivity index (χ4n) is 3.58. The maximum atomic E-state index is 12.8. The molecule has 0 aliphatic carbocycles. The van der Waals surface area contributed by atoms with Gasteiger partial charge in [0, 0.05) is 41.3 Å². The lowest BCUT2D eigenvalue weighted by Gasteiger charge is -2.07. The van der Waals surface area contributed by atoms with Crippen molar-refractivity contribution in [2.45, 2.75) is 6.54 Å². The molecule has 1 N–H and O–H groups in total. The minimum atomic E-state index is -0.623. The van der Waals surface area contributed by atoms with E-state index in [0.29, 0.717) is 17.8 Å². The zero-order valence-electron chi connectivity index (χ0n) is 17.5. The van der Waals surface area contributed by atoms with Crippen LogP contribution < -0.4 is 5.32 Å². The molecule has 4 rings (SSSR count). The predicted octanol–water partition coefficient (Wildman–Crippen LogP) is 6.45. The van der Waals surface area contributed by atoms with Gasteiger partial charge < -0.3 is 9.88 Å².